The second-order valence-electron chi connectivity index (χ2n) is 4.78. The third-order valence-corrected chi connectivity index (χ3v) is 3.18. The first kappa shape index (κ1) is 11.5. The fourth-order valence-electron chi connectivity index (χ4n) is 1.52. The fourth-order valence-corrected chi connectivity index (χ4v) is 1.52. The number of hydrogen-bond donors (Lipinski definition) is 1. The summed E-state index contributed by atoms with van der Waals surface area (Å²) in [5.74, 6) is 0.906. The lowest BCUT2D eigenvalue weighted by atomic mass is 9.88. The molecule has 1 aliphatic carbocycles. The summed E-state index contributed by atoms with van der Waals surface area (Å²) in [6, 6.07) is 0. The van der Waals surface area contributed by atoms with E-state index in [9.17, 15) is 5.11 Å². The largest absolute Gasteiger partial charge is 0.386 e. The van der Waals surface area contributed by atoms with Gasteiger partial charge in [-0.05, 0) is 38.0 Å². The highest BCUT2D eigenvalue weighted by atomic mass is 16.3. The maximum Gasteiger partial charge on any atom is 0.0822 e. The van der Waals surface area contributed by atoms with Crippen molar-refractivity contribution in [2.45, 2.75) is 45.6 Å². The number of allylic oxidation sites excluding steroid dienone is 3. The van der Waals surface area contributed by atoms with E-state index in [-0.39, 0.29) is 5.92 Å². The molecule has 1 rings (SSSR count). The van der Waals surface area contributed by atoms with Crippen LogP contribution < -0.4 is 0 Å². The third-order valence-electron chi connectivity index (χ3n) is 3.18. The van der Waals surface area contributed by atoms with Crippen LogP contribution in [0.15, 0.2) is 24.3 Å². The Labute approximate surface area is 87.5 Å². The lowest BCUT2D eigenvalue weighted by Gasteiger charge is -2.24. The van der Waals surface area contributed by atoms with Crippen molar-refractivity contribution in [3.05, 3.63) is 24.3 Å². The van der Waals surface area contributed by atoms with Crippen LogP contribution in [0.2, 0.25) is 0 Å². The van der Waals surface area contributed by atoms with Gasteiger partial charge in [-0.2, -0.15) is 0 Å². The predicted molar refractivity (Wildman–Crippen MR) is 61.1 cm³/mol. The maximum absolute atomic E-state index is 10.0. The van der Waals surface area contributed by atoms with Gasteiger partial charge >= 0.3 is 0 Å². The standard InChI is InChI=1S/C13H22O/c1-11(2)13(3,14)10-9-12-7-5-4-6-8-12/h4-5,9-12,14H,6-8H2,1-3H3/b10-9+. The Morgan fingerprint density at radius 1 is 1.43 bits per heavy atom. The molecule has 0 fully saturated rings. The molecule has 1 heteroatoms. The number of rotatable bonds is 3. The zero-order chi connectivity index (χ0) is 10.6. The first-order chi connectivity index (χ1) is 6.52. The smallest absolute Gasteiger partial charge is 0.0822 e. The zero-order valence-electron chi connectivity index (χ0n) is 9.53. The Balaban J connectivity index is 2.49. The summed E-state index contributed by atoms with van der Waals surface area (Å²) in [4.78, 5) is 0. The van der Waals surface area contributed by atoms with E-state index in [2.05, 4.69) is 18.2 Å². The van der Waals surface area contributed by atoms with Gasteiger partial charge in [0.25, 0.3) is 0 Å². The second kappa shape index (κ2) is 4.79. The Morgan fingerprint density at radius 3 is 2.64 bits per heavy atom. The first-order valence-electron chi connectivity index (χ1n) is 5.59. The molecule has 0 radical (unpaired) electrons. The molecule has 2 atom stereocenters. The summed E-state index contributed by atoms with van der Waals surface area (Å²) in [6.45, 7) is 5.98. The highest BCUT2D eigenvalue weighted by Crippen LogP contribution is 2.23. The molecular formula is C13H22O. The quantitative estimate of drug-likeness (QED) is 0.683. The molecule has 0 aromatic heterocycles. The fraction of sp³-hybridized carbons (Fsp3) is 0.692. The minimum absolute atomic E-state index is 0.276. The topological polar surface area (TPSA) is 20.2 Å². The molecule has 0 saturated carbocycles. The third kappa shape index (κ3) is 3.30. The van der Waals surface area contributed by atoms with Gasteiger partial charge in [0.2, 0.25) is 0 Å². The lowest BCUT2D eigenvalue weighted by molar-refractivity contribution is 0.0620. The second-order valence-corrected chi connectivity index (χ2v) is 4.78. The van der Waals surface area contributed by atoms with E-state index in [0.717, 1.165) is 6.42 Å². The maximum atomic E-state index is 10.0. The van der Waals surface area contributed by atoms with E-state index < -0.39 is 5.60 Å². The first-order valence-corrected chi connectivity index (χ1v) is 5.59. The van der Waals surface area contributed by atoms with Gasteiger partial charge in [0.1, 0.15) is 0 Å². The van der Waals surface area contributed by atoms with Gasteiger partial charge in [-0.1, -0.05) is 38.2 Å². The highest BCUT2D eigenvalue weighted by Gasteiger charge is 2.21. The van der Waals surface area contributed by atoms with E-state index in [1.807, 2.05) is 26.8 Å². The Morgan fingerprint density at radius 2 is 2.14 bits per heavy atom. The minimum atomic E-state index is -0.652. The zero-order valence-corrected chi connectivity index (χ0v) is 9.53. The van der Waals surface area contributed by atoms with Gasteiger partial charge in [-0.25, -0.2) is 0 Å². The normalized spacial score (nSPS) is 27.1. The molecule has 1 nitrogen and oxygen atoms in total. The van der Waals surface area contributed by atoms with Gasteiger partial charge < -0.3 is 5.11 Å². The monoisotopic (exact) mass is 194 g/mol. The molecule has 0 spiro atoms. The molecule has 1 N–H and O–H groups in total. The summed E-state index contributed by atoms with van der Waals surface area (Å²) in [5, 5.41) is 10.0. The summed E-state index contributed by atoms with van der Waals surface area (Å²) >= 11 is 0. The van der Waals surface area contributed by atoms with Crippen molar-refractivity contribution in [1.29, 1.82) is 0 Å². The van der Waals surface area contributed by atoms with Crippen LogP contribution in [0.5, 0.6) is 0 Å². The van der Waals surface area contributed by atoms with Crippen LogP contribution in [0.25, 0.3) is 0 Å². The molecule has 0 saturated heterocycles. The molecule has 1 aliphatic rings. The van der Waals surface area contributed by atoms with E-state index in [1.165, 1.54) is 12.8 Å². The molecule has 0 aromatic rings. The number of hydrogen-bond acceptors (Lipinski definition) is 1. The van der Waals surface area contributed by atoms with Gasteiger partial charge in [-0.3, -0.25) is 0 Å². The Kier molecular flexibility index (Phi) is 3.94. The van der Waals surface area contributed by atoms with E-state index in [0.29, 0.717) is 5.92 Å². The van der Waals surface area contributed by atoms with Crippen molar-refractivity contribution >= 4 is 0 Å². The van der Waals surface area contributed by atoms with Crippen LogP contribution in [-0.2, 0) is 0 Å². The summed E-state index contributed by atoms with van der Waals surface area (Å²) in [5.41, 5.74) is -0.652. The summed E-state index contributed by atoms with van der Waals surface area (Å²) in [6.07, 6.45) is 12.2. The van der Waals surface area contributed by atoms with Crippen molar-refractivity contribution in [3.8, 4) is 0 Å². The van der Waals surface area contributed by atoms with Crippen LogP contribution in [0.3, 0.4) is 0 Å². The molecule has 2 unspecified atom stereocenters. The van der Waals surface area contributed by atoms with E-state index >= 15 is 0 Å². The molecular weight excluding hydrogens is 172 g/mol. The number of aliphatic hydroxyl groups is 1. The van der Waals surface area contributed by atoms with Gasteiger partial charge in [0, 0.05) is 0 Å². The molecule has 0 bridgehead atoms. The van der Waals surface area contributed by atoms with Gasteiger partial charge in [-0.15, -0.1) is 0 Å². The van der Waals surface area contributed by atoms with Crippen molar-refractivity contribution in [3.63, 3.8) is 0 Å². The van der Waals surface area contributed by atoms with Crippen LogP contribution in [-0.4, -0.2) is 10.7 Å². The SMILES string of the molecule is CC(C)C(C)(O)/C=C/C1CC=CCC1. The average Bonchev–Trinajstić information content (AvgIpc) is 2.16. The molecule has 0 amide bonds. The van der Waals surface area contributed by atoms with Gasteiger partial charge in [0.05, 0.1) is 5.60 Å². The van der Waals surface area contributed by atoms with Crippen LogP contribution in [0.4, 0.5) is 0 Å². The average molecular weight is 194 g/mol. The van der Waals surface area contributed by atoms with Gasteiger partial charge in [0.15, 0.2) is 0 Å². The summed E-state index contributed by atoms with van der Waals surface area (Å²) < 4.78 is 0. The molecule has 0 aliphatic heterocycles. The van der Waals surface area contributed by atoms with Crippen LogP contribution in [0, 0.1) is 11.8 Å². The van der Waals surface area contributed by atoms with Crippen LogP contribution in [0.1, 0.15) is 40.0 Å². The van der Waals surface area contributed by atoms with Crippen LogP contribution >= 0.6 is 0 Å². The molecule has 80 valence electrons. The highest BCUT2D eigenvalue weighted by molar-refractivity contribution is 5.05. The van der Waals surface area contributed by atoms with Crippen molar-refractivity contribution < 1.29 is 5.11 Å². The van der Waals surface area contributed by atoms with Crippen molar-refractivity contribution in [1.82, 2.24) is 0 Å². The van der Waals surface area contributed by atoms with Crippen molar-refractivity contribution in [2.24, 2.45) is 11.8 Å². The summed E-state index contributed by atoms with van der Waals surface area (Å²) in [7, 11) is 0. The molecule has 14 heavy (non-hydrogen) atoms. The predicted octanol–water partition coefficient (Wildman–Crippen LogP) is 3.31. The Bertz CT molecular complexity index is 223. The minimum Gasteiger partial charge on any atom is -0.386 e. The lowest BCUT2D eigenvalue weighted by Crippen LogP contribution is -2.28. The van der Waals surface area contributed by atoms with E-state index in [4.69, 9.17) is 0 Å². The molecule has 0 aromatic carbocycles. The van der Waals surface area contributed by atoms with Crippen molar-refractivity contribution in [2.75, 3.05) is 0 Å². The molecule has 0 heterocycles. The van der Waals surface area contributed by atoms with E-state index in [1.54, 1.807) is 0 Å². The Hall–Kier alpha value is -0.560.